The Kier molecular flexibility index (Phi) is 4.52. The summed E-state index contributed by atoms with van der Waals surface area (Å²) in [6, 6.07) is 7.00. The lowest BCUT2D eigenvalue weighted by Gasteiger charge is -2.25. The first kappa shape index (κ1) is 13.5. The normalized spacial score (nSPS) is 15.4. The molecule has 1 aliphatic rings. The lowest BCUT2D eigenvalue weighted by atomic mass is 10.1. The number of hydrogen-bond donors (Lipinski definition) is 1. The molecule has 2 rings (SSSR count). The number of hydrogen-bond acceptors (Lipinski definition) is 4. The van der Waals surface area contributed by atoms with Crippen molar-refractivity contribution in [2.75, 3.05) is 19.7 Å². The fraction of sp³-hybridized carbons (Fsp3) is 0.429. The van der Waals surface area contributed by atoms with E-state index >= 15 is 0 Å². The fourth-order valence-corrected chi connectivity index (χ4v) is 1.98. The first-order chi connectivity index (χ1) is 9.19. The number of likely N-dealkylation sites (tertiary alicyclic amines) is 1. The third-order valence-electron chi connectivity index (χ3n) is 3.12. The molecule has 0 bridgehead atoms. The van der Waals surface area contributed by atoms with Gasteiger partial charge in [-0.25, -0.2) is 0 Å². The summed E-state index contributed by atoms with van der Waals surface area (Å²) in [5.41, 5.74) is 0.744. The zero-order valence-corrected chi connectivity index (χ0v) is 10.7. The molecule has 5 heteroatoms. The van der Waals surface area contributed by atoms with Gasteiger partial charge in [0.25, 0.3) is 5.91 Å². The lowest BCUT2D eigenvalue weighted by molar-refractivity contribution is -0.136. The molecule has 1 saturated heterocycles. The maximum atomic E-state index is 11.9. The van der Waals surface area contributed by atoms with E-state index in [0.29, 0.717) is 31.7 Å². The number of carbonyl (C=O) groups excluding carboxylic acids is 2. The van der Waals surface area contributed by atoms with Crippen LogP contribution in [0.5, 0.6) is 5.75 Å². The van der Waals surface area contributed by atoms with Crippen LogP contribution in [0.2, 0.25) is 0 Å². The zero-order valence-electron chi connectivity index (χ0n) is 10.7. The molecule has 1 heterocycles. The largest absolute Gasteiger partial charge is 0.484 e. The van der Waals surface area contributed by atoms with Gasteiger partial charge in [-0.15, -0.1) is 0 Å². The fourth-order valence-electron chi connectivity index (χ4n) is 1.98. The van der Waals surface area contributed by atoms with Crippen molar-refractivity contribution in [1.29, 1.82) is 0 Å². The van der Waals surface area contributed by atoms with Gasteiger partial charge in [0, 0.05) is 25.9 Å². The van der Waals surface area contributed by atoms with Gasteiger partial charge in [0.05, 0.1) is 6.61 Å². The molecule has 19 heavy (non-hydrogen) atoms. The van der Waals surface area contributed by atoms with Gasteiger partial charge >= 0.3 is 0 Å². The van der Waals surface area contributed by atoms with E-state index in [1.807, 2.05) is 0 Å². The summed E-state index contributed by atoms with van der Waals surface area (Å²) in [4.78, 5) is 24.6. The maximum Gasteiger partial charge on any atom is 0.260 e. The van der Waals surface area contributed by atoms with Gasteiger partial charge in [-0.05, 0) is 17.7 Å². The molecule has 102 valence electrons. The molecule has 0 unspecified atom stereocenters. The van der Waals surface area contributed by atoms with Crippen LogP contribution < -0.4 is 4.74 Å². The zero-order chi connectivity index (χ0) is 13.7. The monoisotopic (exact) mass is 263 g/mol. The van der Waals surface area contributed by atoms with E-state index in [1.54, 1.807) is 29.2 Å². The highest BCUT2D eigenvalue weighted by atomic mass is 16.5. The maximum absolute atomic E-state index is 11.9. The molecule has 0 atom stereocenters. The van der Waals surface area contributed by atoms with Crippen molar-refractivity contribution in [1.82, 2.24) is 4.90 Å². The Bertz CT molecular complexity index is 462. The van der Waals surface area contributed by atoms with E-state index in [4.69, 9.17) is 9.84 Å². The van der Waals surface area contributed by atoms with E-state index in [-0.39, 0.29) is 24.9 Å². The van der Waals surface area contributed by atoms with Crippen molar-refractivity contribution in [3.63, 3.8) is 0 Å². The number of amides is 1. The summed E-state index contributed by atoms with van der Waals surface area (Å²) in [7, 11) is 0. The molecule has 1 N–H and O–H groups in total. The number of Topliss-reactive ketones (excluding diaryl/α,β-unsaturated/α-hetero) is 1. The van der Waals surface area contributed by atoms with Crippen LogP contribution in [0.15, 0.2) is 24.3 Å². The first-order valence-electron chi connectivity index (χ1n) is 6.31. The minimum Gasteiger partial charge on any atom is -0.484 e. The number of benzene rings is 1. The summed E-state index contributed by atoms with van der Waals surface area (Å²) in [5.74, 6) is 0.663. The van der Waals surface area contributed by atoms with Gasteiger partial charge in [0.1, 0.15) is 11.5 Å². The smallest absolute Gasteiger partial charge is 0.260 e. The first-order valence-corrected chi connectivity index (χ1v) is 6.31. The van der Waals surface area contributed by atoms with Crippen LogP contribution >= 0.6 is 0 Å². The molecule has 0 saturated carbocycles. The Morgan fingerprint density at radius 2 is 2.05 bits per heavy atom. The Morgan fingerprint density at radius 3 is 2.74 bits per heavy atom. The van der Waals surface area contributed by atoms with Crippen LogP contribution in [0.25, 0.3) is 0 Å². The van der Waals surface area contributed by atoms with Crippen molar-refractivity contribution in [2.24, 2.45) is 0 Å². The number of aliphatic hydroxyl groups excluding tert-OH is 1. The standard InChI is InChI=1S/C14H17NO4/c16-9-11-2-1-3-13(8-11)19-10-14(18)15-6-4-12(17)5-7-15/h1-3,8,16H,4-7,9-10H2. The molecule has 5 nitrogen and oxygen atoms in total. The van der Waals surface area contributed by atoms with Gasteiger partial charge < -0.3 is 14.7 Å². The average molecular weight is 263 g/mol. The third kappa shape index (κ3) is 3.79. The van der Waals surface area contributed by atoms with Gasteiger partial charge in [0.2, 0.25) is 0 Å². The van der Waals surface area contributed by atoms with E-state index in [2.05, 4.69) is 0 Å². The van der Waals surface area contributed by atoms with Crippen LogP contribution in [0.1, 0.15) is 18.4 Å². The summed E-state index contributed by atoms with van der Waals surface area (Å²) >= 11 is 0. The van der Waals surface area contributed by atoms with Crippen LogP contribution in [-0.4, -0.2) is 41.4 Å². The van der Waals surface area contributed by atoms with Crippen molar-refractivity contribution in [2.45, 2.75) is 19.4 Å². The molecule has 0 spiro atoms. The molecular weight excluding hydrogens is 246 g/mol. The highest BCUT2D eigenvalue weighted by molar-refractivity contribution is 5.83. The van der Waals surface area contributed by atoms with Crippen LogP contribution in [-0.2, 0) is 16.2 Å². The number of rotatable bonds is 4. The summed E-state index contributed by atoms with van der Waals surface area (Å²) in [6.07, 6.45) is 0.872. The van der Waals surface area contributed by atoms with Gasteiger partial charge in [-0.3, -0.25) is 9.59 Å². The Morgan fingerprint density at radius 1 is 1.32 bits per heavy atom. The Balaban J connectivity index is 1.84. The Hall–Kier alpha value is -1.88. The number of aliphatic hydroxyl groups is 1. The van der Waals surface area contributed by atoms with E-state index in [0.717, 1.165) is 5.56 Å². The topological polar surface area (TPSA) is 66.8 Å². The highest BCUT2D eigenvalue weighted by Crippen LogP contribution is 2.14. The number of piperidine rings is 1. The second-order valence-electron chi connectivity index (χ2n) is 4.51. The van der Waals surface area contributed by atoms with Gasteiger partial charge in [-0.1, -0.05) is 12.1 Å². The SMILES string of the molecule is O=C1CCN(C(=O)COc2cccc(CO)c2)CC1. The van der Waals surface area contributed by atoms with Crippen molar-refractivity contribution in [3.05, 3.63) is 29.8 Å². The number of carbonyl (C=O) groups is 2. The molecule has 1 fully saturated rings. The lowest BCUT2D eigenvalue weighted by Crippen LogP contribution is -2.41. The van der Waals surface area contributed by atoms with Gasteiger partial charge in [-0.2, -0.15) is 0 Å². The summed E-state index contributed by atoms with van der Waals surface area (Å²) < 4.78 is 5.40. The number of ketones is 1. The molecule has 1 aromatic carbocycles. The van der Waals surface area contributed by atoms with Crippen molar-refractivity contribution < 1.29 is 19.4 Å². The predicted octanol–water partition coefficient (Wildman–Crippen LogP) is 0.749. The van der Waals surface area contributed by atoms with Crippen LogP contribution in [0.3, 0.4) is 0 Å². The van der Waals surface area contributed by atoms with Crippen LogP contribution in [0, 0.1) is 0 Å². The van der Waals surface area contributed by atoms with E-state index in [1.165, 1.54) is 0 Å². The highest BCUT2D eigenvalue weighted by Gasteiger charge is 2.20. The van der Waals surface area contributed by atoms with Crippen LogP contribution in [0.4, 0.5) is 0 Å². The Labute approximate surface area is 111 Å². The molecule has 1 amide bonds. The predicted molar refractivity (Wildman–Crippen MR) is 68.7 cm³/mol. The average Bonchev–Trinajstić information content (AvgIpc) is 2.46. The number of nitrogens with zero attached hydrogens (tertiary/aromatic N) is 1. The second-order valence-corrected chi connectivity index (χ2v) is 4.51. The molecule has 1 aromatic rings. The minimum absolute atomic E-state index is 0.0386. The summed E-state index contributed by atoms with van der Waals surface area (Å²) in [5, 5.41) is 9.01. The third-order valence-corrected chi connectivity index (χ3v) is 3.12. The molecular formula is C14H17NO4. The molecule has 0 radical (unpaired) electrons. The summed E-state index contributed by atoms with van der Waals surface area (Å²) in [6.45, 7) is 0.873. The molecule has 0 aliphatic carbocycles. The minimum atomic E-state index is -0.109. The number of ether oxygens (including phenoxy) is 1. The van der Waals surface area contributed by atoms with E-state index < -0.39 is 0 Å². The molecule has 0 aromatic heterocycles. The quantitative estimate of drug-likeness (QED) is 0.870. The van der Waals surface area contributed by atoms with Gasteiger partial charge in [0.15, 0.2) is 6.61 Å². The molecule has 1 aliphatic heterocycles. The van der Waals surface area contributed by atoms with Crippen molar-refractivity contribution in [3.8, 4) is 5.75 Å². The van der Waals surface area contributed by atoms with E-state index in [9.17, 15) is 9.59 Å². The van der Waals surface area contributed by atoms with Crippen molar-refractivity contribution >= 4 is 11.7 Å². The second kappa shape index (κ2) is 6.33.